The van der Waals surface area contributed by atoms with Crippen LogP contribution in [0, 0.1) is 0 Å². The van der Waals surface area contributed by atoms with Crippen LogP contribution in [0.2, 0.25) is 0 Å². The van der Waals surface area contributed by atoms with Crippen molar-refractivity contribution in [3.63, 3.8) is 0 Å². The number of ether oxygens (including phenoxy) is 1. The third-order valence-corrected chi connectivity index (χ3v) is 6.77. The van der Waals surface area contributed by atoms with Crippen molar-refractivity contribution in [1.82, 2.24) is 4.57 Å². The Kier molecular flexibility index (Phi) is 6.17. The number of halogens is 1. The standard InChI is InChI=1S/C26H19BrN2O4S/c1-2-32-25(31)21-22(16-9-5-3-6-10-16)28-26-29(23(21)17-11-7-4-8-12-17)24(30)19(34-26)15-18-13-14-20(27)33-18/h3-15,23H,2H2,1H3/b19-15-. The van der Waals surface area contributed by atoms with Crippen LogP contribution in [0.3, 0.4) is 0 Å². The average Bonchev–Trinajstić information content (AvgIpc) is 3.41. The predicted octanol–water partition coefficient (Wildman–Crippen LogP) is 4.29. The van der Waals surface area contributed by atoms with Crippen molar-refractivity contribution in [2.24, 2.45) is 4.99 Å². The molecule has 0 radical (unpaired) electrons. The second kappa shape index (κ2) is 9.40. The number of fused-ring (bicyclic) bond motifs is 1. The second-order valence-corrected chi connectivity index (χ2v) is 9.27. The van der Waals surface area contributed by atoms with E-state index in [4.69, 9.17) is 14.1 Å². The molecule has 5 rings (SSSR count). The van der Waals surface area contributed by atoms with Gasteiger partial charge in [0.25, 0.3) is 5.56 Å². The highest BCUT2D eigenvalue weighted by Gasteiger charge is 2.35. The molecule has 0 saturated carbocycles. The second-order valence-electron chi connectivity index (χ2n) is 7.48. The number of hydrogen-bond acceptors (Lipinski definition) is 6. The average molecular weight is 535 g/mol. The lowest BCUT2D eigenvalue weighted by Gasteiger charge is -2.25. The fourth-order valence-electron chi connectivity index (χ4n) is 3.93. The molecule has 1 aliphatic heterocycles. The van der Waals surface area contributed by atoms with Gasteiger partial charge in [-0.25, -0.2) is 9.79 Å². The molecule has 1 unspecified atom stereocenters. The molecule has 1 aliphatic rings. The summed E-state index contributed by atoms with van der Waals surface area (Å²) in [6.07, 6.45) is 1.69. The SMILES string of the molecule is CCOC(=O)C1=C(c2ccccc2)N=c2s/c(=C\c3ccc(Br)o3)c(=O)n2C1c1ccccc1. The van der Waals surface area contributed by atoms with E-state index in [1.807, 2.05) is 60.7 Å². The van der Waals surface area contributed by atoms with Crippen molar-refractivity contribution < 1.29 is 13.9 Å². The fraction of sp³-hybridized carbons (Fsp3) is 0.115. The number of rotatable bonds is 5. The minimum absolute atomic E-state index is 0.212. The number of carbonyl (C=O) groups is 1. The summed E-state index contributed by atoms with van der Waals surface area (Å²) in [6.45, 7) is 1.97. The van der Waals surface area contributed by atoms with E-state index in [0.717, 1.165) is 11.1 Å². The first-order valence-electron chi connectivity index (χ1n) is 10.7. The Labute approximate surface area is 207 Å². The number of furan rings is 1. The van der Waals surface area contributed by atoms with E-state index in [1.165, 1.54) is 11.3 Å². The van der Waals surface area contributed by atoms with E-state index in [-0.39, 0.29) is 12.2 Å². The maximum atomic E-state index is 13.6. The molecule has 2 aromatic carbocycles. The monoisotopic (exact) mass is 534 g/mol. The highest BCUT2D eigenvalue weighted by molar-refractivity contribution is 9.10. The molecule has 0 N–H and O–H groups in total. The maximum Gasteiger partial charge on any atom is 0.338 e. The topological polar surface area (TPSA) is 73.8 Å². The van der Waals surface area contributed by atoms with Gasteiger partial charge in [-0.2, -0.15) is 0 Å². The van der Waals surface area contributed by atoms with E-state index in [1.54, 1.807) is 29.7 Å². The van der Waals surface area contributed by atoms with Crippen molar-refractivity contribution >= 4 is 45.0 Å². The molecule has 0 spiro atoms. The molecule has 170 valence electrons. The Hall–Kier alpha value is -3.49. The lowest BCUT2D eigenvalue weighted by molar-refractivity contribution is -0.138. The van der Waals surface area contributed by atoms with Crippen LogP contribution in [0.5, 0.6) is 0 Å². The Morgan fingerprint density at radius 3 is 2.47 bits per heavy atom. The molecule has 1 atom stereocenters. The number of thiazole rings is 1. The Balaban J connectivity index is 1.83. The summed E-state index contributed by atoms with van der Waals surface area (Å²) in [5.74, 6) is 0.0458. The number of hydrogen-bond donors (Lipinski definition) is 0. The molecule has 6 nitrogen and oxygen atoms in total. The van der Waals surface area contributed by atoms with Gasteiger partial charge in [0.1, 0.15) is 5.76 Å². The van der Waals surface area contributed by atoms with E-state index >= 15 is 0 Å². The van der Waals surface area contributed by atoms with Crippen molar-refractivity contribution in [1.29, 1.82) is 0 Å². The number of carbonyl (C=O) groups excluding carboxylic acids is 1. The first kappa shape index (κ1) is 22.3. The number of benzene rings is 2. The minimum Gasteiger partial charge on any atom is -0.463 e. The van der Waals surface area contributed by atoms with E-state index in [2.05, 4.69) is 15.9 Å². The van der Waals surface area contributed by atoms with Crippen LogP contribution in [0.25, 0.3) is 11.8 Å². The van der Waals surface area contributed by atoms with Crippen LogP contribution >= 0.6 is 27.3 Å². The molecule has 0 fully saturated rings. The molecule has 4 aromatic rings. The molecule has 34 heavy (non-hydrogen) atoms. The summed E-state index contributed by atoms with van der Waals surface area (Å²) in [7, 11) is 0. The Morgan fingerprint density at radius 2 is 1.82 bits per heavy atom. The van der Waals surface area contributed by atoms with Gasteiger partial charge >= 0.3 is 5.97 Å². The molecule has 2 aromatic heterocycles. The molecule has 0 aliphatic carbocycles. The van der Waals surface area contributed by atoms with Crippen LogP contribution in [0.4, 0.5) is 0 Å². The van der Waals surface area contributed by atoms with Crippen molar-refractivity contribution in [2.45, 2.75) is 13.0 Å². The van der Waals surface area contributed by atoms with Crippen LogP contribution in [0.1, 0.15) is 29.9 Å². The normalized spacial score (nSPS) is 15.7. The largest absolute Gasteiger partial charge is 0.463 e. The summed E-state index contributed by atoms with van der Waals surface area (Å²) >= 11 is 4.55. The van der Waals surface area contributed by atoms with Gasteiger partial charge in [-0.15, -0.1) is 0 Å². The van der Waals surface area contributed by atoms with Crippen LogP contribution in [-0.4, -0.2) is 17.1 Å². The number of nitrogens with zero attached hydrogens (tertiary/aromatic N) is 2. The fourth-order valence-corrected chi connectivity index (χ4v) is 5.23. The third-order valence-electron chi connectivity index (χ3n) is 5.36. The molecule has 8 heteroatoms. The molecular formula is C26H19BrN2O4S. The lowest BCUT2D eigenvalue weighted by atomic mass is 9.93. The Bertz CT molecular complexity index is 1570. The first-order chi connectivity index (χ1) is 16.6. The zero-order valence-electron chi connectivity index (χ0n) is 18.1. The Morgan fingerprint density at radius 1 is 1.12 bits per heavy atom. The molecule has 0 amide bonds. The van der Waals surface area contributed by atoms with Crippen LogP contribution in [-0.2, 0) is 9.53 Å². The summed E-state index contributed by atoms with van der Waals surface area (Å²) in [5, 5.41) is 0. The number of esters is 1. The van der Waals surface area contributed by atoms with Crippen molar-refractivity contribution in [3.05, 3.63) is 120 Å². The summed E-state index contributed by atoms with van der Waals surface area (Å²) < 4.78 is 13.6. The summed E-state index contributed by atoms with van der Waals surface area (Å²) in [6, 6.07) is 21.8. The van der Waals surface area contributed by atoms with E-state index in [9.17, 15) is 9.59 Å². The zero-order valence-corrected chi connectivity index (χ0v) is 20.5. The van der Waals surface area contributed by atoms with Gasteiger partial charge in [-0.1, -0.05) is 72.0 Å². The van der Waals surface area contributed by atoms with Gasteiger partial charge in [0.05, 0.1) is 28.5 Å². The molecule has 0 bridgehead atoms. The smallest absolute Gasteiger partial charge is 0.338 e. The van der Waals surface area contributed by atoms with Gasteiger partial charge < -0.3 is 9.15 Å². The molecule has 0 saturated heterocycles. The van der Waals surface area contributed by atoms with E-state index in [0.29, 0.717) is 31.0 Å². The quantitative estimate of drug-likeness (QED) is 0.358. The maximum absolute atomic E-state index is 13.6. The van der Waals surface area contributed by atoms with Gasteiger partial charge in [0, 0.05) is 11.6 Å². The van der Waals surface area contributed by atoms with Crippen LogP contribution in [0.15, 0.2) is 97.2 Å². The molecular weight excluding hydrogens is 516 g/mol. The minimum atomic E-state index is -0.683. The van der Waals surface area contributed by atoms with Crippen molar-refractivity contribution in [2.75, 3.05) is 6.61 Å². The van der Waals surface area contributed by atoms with Crippen molar-refractivity contribution in [3.8, 4) is 0 Å². The van der Waals surface area contributed by atoms with Gasteiger partial charge in [0.15, 0.2) is 9.47 Å². The van der Waals surface area contributed by atoms with E-state index < -0.39 is 12.0 Å². The number of aromatic nitrogens is 1. The van der Waals surface area contributed by atoms with Crippen LogP contribution < -0.4 is 14.9 Å². The predicted molar refractivity (Wildman–Crippen MR) is 134 cm³/mol. The summed E-state index contributed by atoms with van der Waals surface area (Å²) in [5.41, 5.74) is 2.15. The van der Waals surface area contributed by atoms with Gasteiger partial charge in [0.2, 0.25) is 0 Å². The zero-order chi connectivity index (χ0) is 23.7. The highest BCUT2D eigenvalue weighted by atomic mass is 79.9. The van der Waals surface area contributed by atoms with Gasteiger partial charge in [-0.05, 0) is 40.5 Å². The summed E-state index contributed by atoms with van der Waals surface area (Å²) in [4.78, 5) is 32.2. The third kappa shape index (κ3) is 4.10. The first-order valence-corrected chi connectivity index (χ1v) is 12.3. The highest BCUT2D eigenvalue weighted by Crippen LogP contribution is 2.35. The van der Waals surface area contributed by atoms with Gasteiger partial charge in [-0.3, -0.25) is 9.36 Å². The molecule has 3 heterocycles. The lowest BCUT2D eigenvalue weighted by Crippen LogP contribution is -2.39.